The predicted molar refractivity (Wildman–Crippen MR) is 93.4 cm³/mol. The maximum atomic E-state index is 13.0. The predicted octanol–water partition coefficient (Wildman–Crippen LogP) is 4.15. The number of likely N-dealkylation sites (tertiary alicyclic amines) is 1. The number of hydrogen-bond donors (Lipinski definition) is 0. The summed E-state index contributed by atoms with van der Waals surface area (Å²) in [6.45, 7) is 6.17. The molecule has 3 rings (SSSR count). The van der Waals surface area contributed by atoms with Crippen molar-refractivity contribution in [1.82, 2.24) is 4.90 Å². The number of nitrogens with zero attached hydrogens (tertiary/aromatic N) is 1. The van der Waals surface area contributed by atoms with E-state index in [1.165, 1.54) is 32.2 Å². The monoisotopic (exact) mass is 315 g/mol. The highest BCUT2D eigenvalue weighted by Gasteiger charge is 2.31. The number of benzene rings is 1. The molecule has 1 aliphatic heterocycles. The minimum Gasteiger partial charge on any atom is -0.496 e. The van der Waals surface area contributed by atoms with Gasteiger partial charge >= 0.3 is 0 Å². The second-order valence-corrected chi connectivity index (χ2v) is 7.28. The molecule has 3 nitrogen and oxygen atoms in total. The molecule has 0 spiro atoms. The van der Waals surface area contributed by atoms with Crippen LogP contribution in [-0.2, 0) is 0 Å². The van der Waals surface area contributed by atoms with Gasteiger partial charge in [-0.15, -0.1) is 0 Å². The molecule has 3 heteroatoms. The van der Waals surface area contributed by atoms with Gasteiger partial charge in [-0.25, -0.2) is 0 Å². The van der Waals surface area contributed by atoms with Gasteiger partial charge in [0.2, 0.25) is 0 Å². The Morgan fingerprint density at radius 3 is 2.35 bits per heavy atom. The van der Waals surface area contributed by atoms with Crippen LogP contribution in [0, 0.1) is 19.8 Å². The minimum atomic E-state index is 0.163. The molecule has 23 heavy (non-hydrogen) atoms. The van der Waals surface area contributed by atoms with Crippen molar-refractivity contribution in [2.24, 2.45) is 5.92 Å². The number of carbonyl (C=O) groups excluding carboxylic acids is 1. The first kappa shape index (κ1) is 16.5. The lowest BCUT2D eigenvalue weighted by atomic mass is 9.88. The summed E-state index contributed by atoms with van der Waals surface area (Å²) < 4.78 is 5.42. The first-order chi connectivity index (χ1) is 11.1. The molecule has 0 N–H and O–H groups in total. The Kier molecular flexibility index (Phi) is 5.05. The van der Waals surface area contributed by atoms with Crippen LogP contribution in [0.3, 0.4) is 0 Å². The molecule has 1 saturated carbocycles. The van der Waals surface area contributed by atoms with Gasteiger partial charge in [0.15, 0.2) is 5.78 Å². The summed E-state index contributed by atoms with van der Waals surface area (Å²) in [7, 11) is 1.69. The van der Waals surface area contributed by atoms with Crippen molar-refractivity contribution in [2.75, 3.05) is 20.2 Å². The topological polar surface area (TPSA) is 29.5 Å². The average Bonchev–Trinajstić information content (AvgIpc) is 3.08. The molecule has 126 valence electrons. The third-order valence-electron chi connectivity index (χ3n) is 5.61. The number of piperidine rings is 1. The fourth-order valence-corrected chi connectivity index (χ4v) is 4.47. The number of hydrogen-bond acceptors (Lipinski definition) is 3. The normalized spacial score (nSPS) is 23.2. The van der Waals surface area contributed by atoms with Crippen molar-refractivity contribution >= 4 is 5.78 Å². The second-order valence-electron chi connectivity index (χ2n) is 7.28. The summed E-state index contributed by atoms with van der Waals surface area (Å²) in [6.07, 6.45) is 7.55. The zero-order valence-corrected chi connectivity index (χ0v) is 14.7. The molecule has 2 aliphatic rings. The van der Waals surface area contributed by atoms with E-state index >= 15 is 0 Å². The van der Waals surface area contributed by atoms with Crippen LogP contribution in [-0.4, -0.2) is 36.9 Å². The van der Waals surface area contributed by atoms with E-state index in [0.717, 1.165) is 47.9 Å². The van der Waals surface area contributed by atoms with Crippen LogP contribution in [0.2, 0.25) is 0 Å². The van der Waals surface area contributed by atoms with Crippen molar-refractivity contribution in [2.45, 2.75) is 58.4 Å². The number of ether oxygens (including phenoxy) is 1. The quantitative estimate of drug-likeness (QED) is 0.782. The zero-order chi connectivity index (χ0) is 16.4. The van der Waals surface area contributed by atoms with Gasteiger partial charge in [-0.05, 0) is 69.3 Å². The van der Waals surface area contributed by atoms with Crippen LogP contribution in [0.5, 0.6) is 5.75 Å². The summed E-state index contributed by atoms with van der Waals surface area (Å²) in [5.41, 5.74) is 2.97. The third-order valence-corrected chi connectivity index (χ3v) is 5.61. The smallest absolute Gasteiger partial charge is 0.167 e. The number of rotatable bonds is 4. The summed E-state index contributed by atoms with van der Waals surface area (Å²) >= 11 is 0. The first-order valence-electron chi connectivity index (χ1n) is 9.03. The number of Topliss-reactive ketones (excluding diaryl/α,β-unsaturated/α-hetero) is 1. The van der Waals surface area contributed by atoms with Gasteiger partial charge in [-0.2, -0.15) is 0 Å². The molecule has 0 amide bonds. The molecule has 1 saturated heterocycles. The molecule has 0 bridgehead atoms. The van der Waals surface area contributed by atoms with Crippen LogP contribution in [0.25, 0.3) is 0 Å². The van der Waals surface area contributed by atoms with E-state index in [2.05, 4.69) is 4.90 Å². The van der Waals surface area contributed by atoms with Crippen LogP contribution < -0.4 is 4.74 Å². The van der Waals surface area contributed by atoms with E-state index < -0.39 is 0 Å². The van der Waals surface area contributed by atoms with Crippen LogP contribution in [0.4, 0.5) is 0 Å². The molecule has 1 aromatic carbocycles. The maximum Gasteiger partial charge on any atom is 0.167 e. The van der Waals surface area contributed by atoms with Crippen molar-refractivity contribution in [3.8, 4) is 5.75 Å². The van der Waals surface area contributed by atoms with Gasteiger partial charge in [0, 0.05) is 24.1 Å². The highest BCUT2D eigenvalue weighted by Crippen LogP contribution is 2.31. The molecule has 0 aromatic heterocycles. The van der Waals surface area contributed by atoms with Crippen LogP contribution >= 0.6 is 0 Å². The van der Waals surface area contributed by atoms with Crippen molar-refractivity contribution in [3.63, 3.8) is 0 Å². The minimum absolute atomic E-state index is 0.163. The van der Waals surface area contributed by atoms with Crippen LogP contribution in [0.15, 0.2) is 12.1 Å². The summed E-state index contributed by atoms with van der Waals surface area (Å²) in [5, 5.41) is 0. The average molecular weight is 315 g/mol. The fraction of sp³-hybridized carbons (Fsp3) is 0.650. The lowest BCUT2D eigenvalue weighted by Crippen LogP contribution is -2.43. The van der Waals surface area contributed by atoms with E-state index in [-0.39, 0.29) is 5.92 Å². The molecular formula is C20H29NO2. The van der Waals surface area contributed by atoms with Gasteiger partial charge in [0.05, 0.1) is 7.11 Å². The van der Waals surface area contributed by atoms with Crippen molar-refractivity contribution in [1.29, 1.82) is 0 Å². The molecule has 1 aromatic rings. The highest BCUT2D eigenvalue weighted by atomic mass is 16.5. The van der Waals surface area contributed by atoms with Gasteiger partial charge in [-0.3, -0.25) is 9.69 Å². The number of methoxy groups -OCH3 is 1. The molecule has 0 radical (unpaired) electrons. The Morgan fingerprint density at radius 1 is 1.09 bits per heavy atom. The SMILES string of the molecule is COc1c(C)cc(C(=O)C2CCCN(C3CCCC3)C2)cc1C. The highest BCUT2D eigenvalue weighted by molar-refractivity contribution is 5.98. The number of ketones is 1. The summed E-state index contributed by atoms with van der Waals surface area (Å²) in [5.74, 6) is 1.39. The lowest BCUT2D eigenvalue weighted by molar-refractivity contribution is 0.0757. The Bertz CT molecular complexity index is 552. The Balaban J connectivity index is 1.74. The molecule has 1 atom stereocenters. The van der Waals surface area contributed by atoms with Gasteiger partial charge in [-0.1, -0.05) is 12.8 Å². The number of carbonyl (C=O) groups is 1. The van der Waals surface area contributed by atoms with Crippen LogP contribution in [0.1, 0.15) is 60.0 Å². The van der Waals surface area contributed by atoms with Crippen molar-refractivity contribution < 1.29 is 9.53 Å². The standard InChI is InChI=1S/C20H29NO2/c1-14-11-17(12-15(2)20(14)23-3)19(22)16-7-6-10-21(13-16)18-8-4-5-9-18/h11-12,16,18H,4-10,13H2,1-3H3. The second kappa shape index (κ2) is 7.04. The van der Waals surface area contributed by atoms with Gasteiger partial charge in [0.25, 0.3) is 0 Å². The third kappa shape index (κ3) is 3.45. The Hall–Kier alpha value is -1.35. The summed E-state index contributed by atoms with van der Waals surface area (Å²) in [6, 6.07) is 4.73. The Morgan fingerprint density at radius 2 is 1.74 bits per heavy atom. The first-order valence-corrected chi connectivity index (χ1v) is 9.03. The molecule has 1 heterocycles. The van der Waals surface area contributed by atoms with Gasteiger partial charge < -0.3 is 4.74 Å². The fourth-order valence-electron chi connectivity index (χ4n) is 4.47. The Labute approximate surface area is 140 Å². The van der Waals surface area contributed by atoms with Gasteiger partial charge in [0.1, 0.15) is 5.75 Å². The zero-order valence-electron chi connectivity index (χ0n) is 14.7. The van der Waals surface area contributed by atoms with E-state index in [4.69, 9.17) is 4.74 Å². The largest absolute Gasteiger partial charge is 0.496 e. The lowest BCUT2D eigenvalue weighted by Gasteiger charge is -2.36. The molecular weight excluding hydrogens is 286 g/mol. The van der Waals surface area contributed by atoms with E-state index in [1.807, 2.05) is 26.0 Å². The molecule has 1 aliphatic carbocycles. The molecule has 2 fully saturated rings. The van der Waals surface area contributed by atoms with E-state index in [1.54, 1.807) is 7.11 Å². The van der Waals surface area contributed by atoms with E-state index in [9.17, 15) is 4.79 Å². The molecule has 1 unspecified atom stereocenters. The maximum absolute atomic E-state index is 13.0. The summed E-state index contributed by atoms with van der Waals surface area (Å²) in [4.78, 5) is 15.6. The van der Waals surface area contributed by atoms with Crippen molar-refractivity contribution in [3.05, 3.63) is 28.8 Å². The van der Waals surface area contributed by atoms with E-state index in [0.29, 0.717) is 5.78 Å². The number of aryl methyl sites for hydroxylation is 2.